The monoisotopic (exact) mass is 589 g/mol. The first-order valence-electron chi connectivity index (χ1n) is 13.0. The van der Waals surface area contributed by atoms with Crippen molar-refractivity contribution in [2.24, 2.45) is 5.92 Å². The Bertz CT molecular complexity index is 1270. The normalized spacial score (nSPS) is 19.9. The number of alkyl halides is 5. The van der Waals surface area contributed by atoms with Gasteiger partial charge >= 0.3 is 6.18 Å². The summed E-state index contributed by atoms with van der Waals surface area (Å²) in [5.74, 6) is -4.45. The number of nitrogens with one attached hydrogen (secondary N) is 2. The molecule has 1 aliphatic carbocycles. The second kappa shape index (κ2) is 10.8. The summed E-state index contributed by atoms with van der Waals surface area (Å²) in [4.78, 5) is 35.1. The maximum absolute atomic E-state index is 14.3. The van der Waals surface area contributed by atoms with Gasteiger partial charge in [-0.25, -0.2) is 18.7 Å². The number of aromatic nitrogens is 2. The molecule has 14 heteroatoms. The standard InChI is InChI=1S/C26H32F5N5O3S/c1-13-10-25(27,28)12-36(13)23(38)19-20(40-22(35-19)21(37)34-14(2)24(3,4)39)16-11-33-18(9-17(16)26(29,30)31)32-8-7-15-5-6-15/h9,11,13-15,39H,5-8,10,12H2,1-4H3,(H,32,33)(H,34,37)/t13-,14-/m0/s1. The summed E-state index contributed by atoms with van der Waals surface area (Å²) in [6.07, 6.45) is -1.52. The highest BCUT2D eigenvalue weighted by atomic mass is 32.1. The molecule has 220 valence electrons. The van der Waals surface area contributed by atoms with Crippen LogP contribution in [-0.4, -0.2) is 68.5 Å². The summed E-state index contributed by atoms with van der Waals surface area (Å²) < 4.78 is 71.0. The van der Waals surface area contributed by atoms with Crippen molar-refractivity contribution in [1.29, 1.82) is 0 Å². The molecule has 1 saturated heterocycles. The van der Waals surface area contributed by atoms with E-state index in [0.29, 0.717) is 23.8 Å². The Hall–Kier alpha value is -2.87. The van der Waals surface area contributed by atoms with Crippen LogP contribution in [0.25, 0.3) is 10.4 Å². The minimum Gasteiger partial charge on any atom is -0.388 e. The number of aliphatic hydroxyl groups is 1. The van der Waals surface area contributed by atoms with E-state index in [2.05, 4.69) is 20.6 Å². The van der Waals surface area contributed by atoms with Crippen LogP contribution in [0.3, 0.4) is 0 Å². The Kier molecular flexibility index (Phi) is 8.16. The maximum Gasteiger partial charge on any atom is 0.417 e. The van der Waals surface area contributed by atoms with Gasteiger partial charge in [0.05, 0.1) is 28.6 Å². The van der Waals surface area contributed by atoms with E-state index in [9.17, 15) is 36.6 Å². The van der Waals surface area contributed by atoms with Gasteiger partial charge in [0.15, 0.2) is 5.01 Å². The summed E-state index contributed by atoms with van der Waals surface area (Å²) in [5, 5.41) is 15.2. The third-order valence-corrected chi connectivity index (χ3v) is 8.32. The Morgan fingerprint density at radius 2 is 1.95 bits per heavy atom. The minimum absolute atomic E-state index is 0.00103. The largest absolute Gasteiger partial charge is 0.417 e. The van der Waals surface area contributed by atoms with Crippen molar-refractivity contribution in [2.75, 3.05) is 18.4 Å². The number of hydrogen-bond donors (Lipinski definition) is 3. The number of nitrogens with zero attached hydrogens (tertiary/aromatic N) is 3. The molecule has 0 unspecified atom stereocenters. The Labute approximate surface area is 232 Å². The third kappa shape index (κ3) is 6.88. The fourth-order valence-corrected chi connectivity index (χ4v) is 5.36. The molecule has 40 heavy (non-hydrogen) atoms. The molecule has 0 spiro atoms. The van der Waals surface area contributed by atoms with E-state index in [-0.39, 0.29) is 15.7 Å². The molecule has 0 bridgehead atoms. The molecule has 2 aromatic rings. The number of pyridine rings is 1. The number of likely N-dealkylation sites (tertiary alicyclic amines) is 1. The van der Waals surface area contributed by atoms with Crippen molar-refractivity contribution in [1.82, 2.24) is 20.2 Å². The first-order valence-corrected chi connectivity index (χ1v) is 13.8. The minimum atomic E-state index is -4.86. The van der Waals surface area contributed by atoms with Crippen LogP contribution in [-0.2, 0) is 6.18 Å². The fraction of sp³-hybridized carbons (Fsp3) is 0.615. The maximum atomic E-state index is 14.3. The van der Waals surface area contributed by atoms with Crippen LogP contribution < -0.4 is 10.6 Å². The van der Waals surface area contributed by atoms with Crippen molar-refractivity contribution in [2.45, 2.75) is 83.2 Å². The highest BCUT2D eigenvalue weighted by Gasteiger charge is 2.46. The molecule has 1 aliphatic heterocycles. The molecule has 0 aromatic carbocycles. The molecule has 2 amide bonds. The van der Waals surface area contributed by atoms with E-state index in [1.807, 2.05) is 0 Å². The predicted molar refractivity (Wildman–Crippen MR) is 139 cm³/mol. The Morgan fingerprint density at radius 1 is 1.27 bits per heavy atom. The lowest BCUT2D eigenvalue weighted by Crippen LogP contribution is -2.47. The van der Waals surface area contributed by atoms with Gasteiger partial charge in [0.2, 0.25) is 0 Å². The van der Waals surface area contributed by atoms with Gasteiger partial charge in [-0.1, -0.05) is 12.8 Å². The summed E-state index contributed by atoms with van der Waals surface area (Å²) in [6.45, 7) is 5.37. The number of amides is 2. The zero-order chi connectivity index (χ0) is 29.6. The number of carbonyl (C=O) groups is 2. The average molecular weight is 590 g/mol. The lowest BCUT2D eigenvalue weighted by molar-refractivity contribution is -0.137. The molecule has 3 N–H and O–H groups in total. The lowest BCUT2D eigenvalue weighted by atomic mass is 10.0. The number of carbonyl (C=O) groups excluding carboxylic acids is 2. The van der Waals surface area contributed by atoms with Gasteiger partial charge in [0.25, 0.3) is 17.7 Å². The Morgan fingerprint density at radius 3 is 2.50 bits per heavy atom. The number of hydrogen-bond acceptors (Lipinski definition) is 7. The topological polar surface area (TPSA) is 107 Å². The number of halogens is 5. The molecule has 3 heterocycles. The van der Waals surface area contributed by atoms with Crippen LogP contribution in [0.2, 0.25) is 0 Å². The van der Waals surface area contributed by atoms with E-state index in [1.54, 1.807) is 0 Å². The van der Waals surface area contributed by atoms with Gasteiger partial charge in [0.1, 0.15) is 11.5 Å². The highest BCUT2D eigenvalue weighted by Crippen LogP contribution is 2.43. The SMILES string of the molecule is C[C@H](NC(=O)c1nc(C(=O)N2CC(F)(F)C[C@@H]2C)c(-c2cnc(NCCC3CC3)cc2C(F)(F)F)s1)C(C)(C)O. The molecule has 0 radical (unpaired) electrons. The second-order valence-electron chi connectivity index (χ2n) is 11.2. The van der Waals surface area contributed by atoms with Crippen LogP contribution in [0.15, 0.2) is 12.3 Å². The van der Waals surface area contributed by atoms with Crippen LogP contribution in [0.5, 0.6) is 0 Å². The molecule has 1 saturated carbocycles. The average Bonchev–Trinajstić information content (AvgIpc) is 3.47. The molecular formula is C26H32F5N5O3S. The van der Waals surface area contributed by atoms with E-state index in [0.717, 1.165) is 36.4 Å². The molecule has 2 aliphatic rings. The molecule has 8 nitrogen and oxygen atoms in total. The summed E-state index contributed by atoms with van der Waals surface area (Å²) in [7, 11) is 0. The summed E-state index contributed by atoms with van der Waals surface area (Å²) in [5.41, 5.74) is -3.47. The first-order chi connectivity index (χ1) is 18.5. The number of rotatable bonds is 9. The molecule has 4 rings (SSSR count). The van der Waals surface area contributed by atoms with Crippen molar-refractivity contribution >= 4 is 29.0 Å². The number of thiazole rings is 1. The highest BCUT2D eigenvalue weighted by molar-refractivity contribution is 7.17. The van der Waals surface area contributed by atoms with Crippen molar-refractivity contribution in [3.05, 3.63) is 28.5 Å². The van der Waals surface area contributed by atoms with Crippen LogP contribution in [0.1, 0.15) is 79.2 Å². The molecule has 2 fully saturated rings. The van der Waals surface area contributed by atoms with Gasteiger partial charge in [-0.15, -0.1) is 11.3 Å². The van der Waals surface area contributed by atoms with Crippen molar-refractivity contribution < 1.29 is 36.6 Å². The van der Waals surface area contributed by atoms with Gasteiger partial charge < -0.3 is 20.6 Å². The predicted octanol–water partition coefficient (Wildman–Crippen LogP) is 5.19. The van der Waals surface area contributed by atoms with Gasteiger partial charge in [-0.2, -0.15) is 13.2 Å². The van der Waals surface area contributed by atoms with E-state index < -0.39 is 71.4 Å². The fourth-order valence-electron chi connectivity index (χ4n) is 4.38. The second-order valence-corrected chi connectivity index (χ2v) is 12.2. The summed E-state index contributed by atoms with van der Waals surface area (Å²) >= 11 is 0.528. The lowest BCUT2D eigenvalue weighted by Gasteiger charge is -2.26. The summed E-state index contributed by atoms with van der Waals surface area (Å²) in [6, 6.07) is -0.848. The number of anilines is 1. The Balaban J connectivity index is 1.76. The smallest absolute Gasteiger partial charge is 0.388 e. The zero-order valence-corrected chi connectivity index (χ0v) is 23.3. The first kappa shape index (κ1) is 30.1. The zero-order valence-electron chi connectivity index (χ0n) is 22.5. The van der Waals surface area contributed by atoms with Gasteiger partial charge in [-0.3, -0.25) is 9.59 Å². The quantitative estimate of drug-likeness (QED) is 0.348. The third-order valence-electron chi connectivity index (χ3n) is 7.23. The van der Waals surface area contributed by atoms with Crippen LogP contribution >= 0.6 is 11.3 Å². The van der Waals surface area contributed by atoms with E-state index in [4.69, 9.17) is 0 Å². The van der Waals surface area contributed by atoms with Crippen molar-refractivity contribution in [3.8, 4) is 10.4 Å². The van der Waals surface area contributed by atoms with Gasteiger partial charge in [0, 0.05) is 30.8 Å². The van der Waals surface area contributed by atoms with E-state index >= 15 is 0 Å². The van der Waals surface area contributed by atoms with E-state index in [1.165, 1.54) is 27.7 Å². The molecule has 2 atom stereocenters. The molecule has 2 aromatic heterocycles. The van der Waals surface area contributed by atoms with Gasteiger partial charge in [-0.05, 0) is 46.1 Å². The van der Waals surface area contributed by atoms with Crippen molar-refractivity contribution in [3.63, 3.8) is 0 Å². The van der Waals surface area contributed by atoms with Crippen LogP contribution in [0.4, 0.5) is 27.8 Å². The van der Waals surface area contributed by atoms with Crippen LogP contribution in [0, 0.1) is 5.92 Å². The molecular weight excluding hydrogens is 557 g/mol.